The number of hydrogen-bond acceptors (Lipinski definition) is 3. The van der Waals surface area contributed by atoms with Gasteiger partial charge < -0.3 is 5.43 Å². The second-order valence-corrected chi connectivity index (χ2v) is 2.39. The normalized spacial score (nSPS) is 9.50. The Morgan fingerprint density at radius 1 is 1.60 bits per heavy atom. The molecule has 1 aromatic heterocycles. The van der Waals surface area contributed by atoms with Gasteiger partial charge in [0.2, 0.25) is 0 Å². The van der Waals surface area contributed by atoms with Crippen LogP contribution in [0, 0.1) is 6.92 Å². The molecule has 0 aliphatic carbocycles. The van der Waals surface area contributed by atoms with Gasteiger partial charge in [-0.1, -0.05) is 11.6 Å². The highest BCUT2D eigenvalue weighted by molar-refractivity contribution is 6.30. The van der Waals surface area contributed by atoms with Crippen molar-refractivity contribution in [2.24, 2.45) is 5.84 Å². The van der Waals surface area contributed by atoms with Crippen molar-refractivity contribution in [1.82, 2.24) is 4.98 Å². The van der Waals surface area contributed by atoms with Gasteiger partial charge in [-0.3, -0.25) is 0 Å². The van der Waals surface area contributed by atoms with Crippen molar-refractivity contribution in [1.29, 1.82) is 0 Å². The predicted octanol–water partition coefficient (Wildman–Crippen LogP) is 1.33. The highest BCUT2D eigenvalue weighted by Gasteiger charge is 1.94. The Hall–Kier alpha value is -0.800. The van der Waals surface area contributed by atoms with Crippen molar-refractivity contribution in [3.63, 3.8) is 0 Å². The second-order valence-electron chi connectivity index (χ2n) is 1.96. The van der Waals surface area contributed by atoms with E-state index in [0.717, 1.165) is 5.69 Å². The molecule has 0 saturated heterocycles. The summed E-state index contributed by atoms with van der Waals surface area (Å²) in [5.41, 5.74) is 3.26. The van der Waals surface area contributed by atoms with Gasteiger partial charge in [0.05, 0.1) is 0 Å². The quantitative estimate of drug-likeness (QED) is 0.478. The molecule has 0 fully saturated rings. The molecule has 0 amide bonds. The van der Waals surface area contributed by atoms with Crippen LogP contribution in [-0.2, 0) is 0 Å². The van der Waals surface area contributed by atoms with Gasteiger partial charge in [0.1, 0.15) is 5.82 Å². The number of nitrogens with one attached hydrogen (secondary N) is 1. The first-order valence-corrected chi connectivity index (χ1v) is 3.21. The van der Waals surface area contributed by atoms with E-state index in [0.29, 0.717) is 10.8 Å². The van der Waals surface area contributed by atoms with Crippen LogP contribution in [0.3, 0.4) is 0 Å². The third kappa shape index (κ3) is 1.59. The number of hydrazine groups is 1. The molecule has 0 spiro atoms. The van der Waals surface area contributed by atoms with Crippen LogP contribution in [0.15, 0.2) is 12.1 Å². The highest BCUT2D eigenvalue weighted by Crippen LogP contribution is 2.13. The van der Waals surface area contributed by atoms with E-state index >= 15 is 0 Å². The molecule has 0 saturated carbocycles. The van der Waals surface area contributed by atoms with Gasteiger partial charge >= 0.3 is 0 Å². The Kier molecular flexibility index (Phi) is 2.09. The molecule has 1 heterocycles. The molecule has 0 radical (unpaired) electrons. The zero-order chi connectivity index (χ0) is 7.56. The number of aryl methyl sites for hydroxylation is 1. The molecule has 3 N–H and O–H groups in total. The lowest BCUT2D eigenvalue weighted by Crippen LogP contribution is -2.08. The number of aromatic nitrogens is 1. The number of anilines is 1. The SMILES string of the molecule is Cc1cc(Cl)cc(NN)n1. The van der Waals surface area contributed by atoms with Crippen LogP contribution < -0.4 is 11.3 Å². The minimum atomic E-state index is 0.588. The summed E-state index contributed by atoms with van der Waals surface area (Å²) in [6.07, 6.45) is 0. The molecule has 0 aromatic carbocycles. The standard InChI is InChI=1S/C6H8ClN3/c1-4-2-5(7)3-6(9-4)10-8/h2-3H,8H2,1H3,(H,9,10). The first kappa shape index (κ1) is 7.31. The van der Waals surface area contributed by atoms with Crippen LogP contribution in [-0.4, -0.2) is 4.98 Å². The zero-order valence-electron chi connectivity index (χ0n) is 5.56. The van der Waals surface area contributed by atoms with Crippen molar-refractivity contribution < 1.29 is 0 Å². The summed E-state index contributed by atoms with van der Waals surface area (Å²) in [6.45, 7) is 1.85. The molecule has 0 atom stereocenters. The van der Waals surface area contributed by atoms with Crippen LogP contribution in [0.25, 0.3) is 0 Å². The molecular formula is C6H8ClN3. The third-order valence-corrected chi connectivity index (χ3v) is 1.28. The summed E-state index contributed by atoms with van der Waals surface area (Å²) in [7, 11) is 0. The van der Waals surface area contributed by atoms with Crippen LogP contribution in [0.1, 0.15) is 5.69 Å². The maximum atomic E-state index is 5.69. The molecule has 54 valence electrons. The van der Waals surface area contributed by atoms with Gasteiger partial charge in [-0.2, -0.15) is 0 Å². The van der Waals surface area contributed by atoms with Crippen molar-refractivity contribution in [3.8, 4) is 0 Å². The minimum absolute atomic E-state index is 0.588. The third-order valence-electron chi connectivity index (χ3n) is 1.07. The van der Waals surface area contributed by atoms with Gasteiger partial charge in [0.15, 0.2) is 0 Å². The maximum absolute atomic E-state index is 5.69. The van der Waals surface area contributed by atoms with Gasteiger partial charge in [-0.15, -0.1) is 0 Å². The monoisotopic (exact) mass is 157 g/mol. The molecular weight excluding hydrogens is 150 g/mol. The molecule has 0 bridgehead atoms. The molecule has 0 unspecified atom stereocenters. The number of rotatable bonds is 1. The van der Waals surface area contributed by atoms with Gasteiger partial charge in [0.25, 0.3) is 0 Å². The lowest BCUT2D eigenvalue weighted by molar-refractivity contribution is 1.16. The van der Waals surface area contributed by atoms with E-state index in [-0.39, 0.29) is 0 Å². The second kappa shape index (κ2) is 2.86. The number of halogens is 1. The number of nitrogens with zero attached hydrogens (tertiary/aromatic N) is 1. The van der Waals surface area contributed by atoms with Crippen molar-refractivity contribution in [2.45, 2.75) is 6.92 Å². The first-order valence-electron chi connectivity index (χ1n) is 2.83. The fourth-order valence-corrected chi connectivity index (χ4v) is 0.962. The summed E-state index contributed by atoms with van der Waals surface area (Å²) < 4.78 is 0. The van der Waals surface area contributed by atoms with Gasteiger partial charge in [0, 0.05) is 16.8 Å². The predicted molar refractivity (Wildman–Crippen MR) is 41.8 cm³/mol. The topological polar surface area (TPSA) is 50.9 Å². The number of pyridine rings is 1. The number of hydrogen-bond donors (Lipinski definition) is 2. The molecule has 0 aliphatic heterocycles. The fourth-order valence-electron chi connectivity index (χ4n) is 0.700. The first-order chi connectivity index (χ1) is 4.72. The Labute approximate surface area is 64.2 Å². The van der Waals surface area contributed by atoms with Crippen LogP contribution >= 0.6 is 11.6 Å². The average Bonchev–Trinajstić information content (AvgIpc) is 1.85. The largest absolute Gasteiger partial charge is 0.308 e. The molecule has 3 nitrogen and oxygen atoms in total. The lowest BCUT2D eigenvalue weighted by Gasteiger charge is -1.99. The highest BCUT2D eigenvalue weighted by atomic mass is 35.5. The van der Waals surface area contributed by atoms with Gasteiger partial charge in [-0.25, -0.2) is 10.8 Å². The van der Waals surface area contributed by atoms with Crippen LogP contribution in [0.4, 0.5) is 5.82 Å². The van der Waals surface area contributed by atoms with E-state index in [2.05, 4.69) is 10.4 Å². The van der Waals surface area contributed by atoms with Crippen molar-refractivity contribution in [2.75, 3.05) is 5.43 Å². The summed E-state index contributed by atoms with van der Waals surface area (Å²) in [5, 5.41) is 0.639. The average molecular weight is 158 g/mol. The summed E-state index contributed by atoms with van der Waals surface area (Å²) in [5.74, 6) is 5.70. The van der Waals surface area contributed by atoms with E-state index in [1.54, 1.807) is 12.1 Å². The van der Waals surface area contributed by atoms with E-state index in [1.807, 2.05) is 6.92 Å². The van der Waals surface area contributed by atoms with E-state index in [9.17, 15) is 0 Å². The summed E-state index contributed by atoms with van der Waals surface area (Å²) in [4.78, 5) is 4.03. The smallest absolute Gasteiger partial charge is 0.141 e. The van der Waals surface area contributed by atoms with E-state index in [4.69, 9.17) is 17.4 Å². The summed E-state index contributed by atoms with van der Waals surface area (Å²) in [6, 6.07) is 3.43. The Morgan fingerprint density at radius 2 is 2.30 bits per heavy atom. The molecule has 4 heteroatoms. The Morgan fingerprint density at radius 3 is 2.80 bits per heavy atom. The van der Waals surface area contributed by atoms with Crippen LogP contribution in [0.5, 0.6) is 0 Å². The lowest BCUT2D eigenvalue weighted by atomic mass is 10.4. The Balaban J connectivity index is 3.06. The van der Waals surface area contributed by atoms with E-state index < -0.39 is 0 Å². The maximum Gasteiger partial charge on any atom is 0.141 e. The number of nitrogens with two attached hydrogens (primary N) is 1. The molecule has 0 aliphatic rings. The fraction of sp³-hybridized carbons (Fsp3) is 0.167. The van der Waals surface area contributed by atoms with Crippen molar-refractivity contribution in [3.05, 3.63) is 22.8 Å². The van der Waals surface area contributed by atoms with E-state index in [1.165, 1.54) is 0 Å². The van der Waals surface area contributed by atoms with Crippen LogP contribution in [0.2, 0.25) is 5.02 Å². The molecule has 1 aromatic rings. The summed E-state index contributed by atoms with van der Waals surface area (Å²) >= 11 is 5.69. The Bertz CT molecular complexity index is 216. The number of nitrogen functional groups attached to an aromatic ring is 1. The van der Waals surface area contributed by atoms with Gasteiger partial charge in [-0.05, 0) is 13.0 Å². The molecule has 1 rings (SSSR count). The molecule has 10 heavy (non-hydrogen) atoms. The minimum Gasteiger partial charge on any atom is -0.308 e. The van der Waals surface area contributed by atoms with Crippen molar-refractivity contribution >= 4 is 17.4 Å². The zero-order valence-corrected chi connectivity index (χ0v) is 6.31.